The fourth-order valence-corrected chi connectivity index (χ4v) is 1.98. The van der Waals surface area contributed by atoms with E-state index in [1.54, 1.807) is 18.2 Å². The van der Waals surface area contributed by atoms with E-state index >= 15 is 0 Å². The van der Waals surface area contributed by atoms with Crippen LogP contribution in [0.4, 0.5) is 13.2 Å². The number of para-hydroxylation sites is 1. The summed E-state index contributed by atoms with van der Waals surface area (Å²) >= 11 is 0. The SMILES string of the molecule is CN=C(NCC(=O)NC(C)(C)C)NCc1ccccc1OCC(F)(F)F.I. The van der Waals surface area contributed by atoms with Crippen LogP contribution in [-0.2, 0) is 11.3 Å². The Hall–Kier alpha value is -1.72. The zero-order chi connectivity index (χ0) is 19.8. The molecule has 0 aliphatic carbocycles. The first-order valence-corrected chi connectivity index (χ1v) is 8.03. The first-order valence-electron chi connectivity index (χ1n) is 8.03. The van der Waals surface area contributed by atoms with Gasteiger partial charge in [0.15, 0.2) is 12.6 Å². The van der Waals surface area contributed by atoms with Crippen LogP contribution in [-0.4, -0.2) is 43.8 Å². The van der Waals surface area contributed by atoms with E-state index in [9.17, 15) is 18.0 Å². The lowest BCUT2D eigenvalue weighted by atomic mass is 10.1. The molecule has 0 saturated carbocycles. The second kappa shape index (κ2) is 11.2. The minimum absolute atomic E-state index is 0. The first kappa shape index (κ1) is 25.3. The summed E-state index contributed by atoms with van der Waals surface area (Å²) in [6.45, 7) is 4.46. The quantitative estimate of drug-likeness (QED) is 0.318. The van der Waals surface area contributed by atoms with Crippen molar-refractivity contribution in [2.24, 2.45) is 4.99 Å². The van der Waals surface area contributed by atoms with Gasteiger partial charge in [-0.3, -0.25) is 9.79 Å². The monoisotopic (exact) mass is 502 g/mol. The maximum Gasteiger partial charge on any atom is 0.422 e. The predicted molar refractivity (Wildman–Crippen MR) is 110 cm³/mol. The second-order valence-corrected chi connectivity index (χ2v) is 6.59. The number of amides is 1. The molecule has 0 fully saturated rings. The van der Waals surface area contributed by atoms with Gasteiger partial charge in [-0.2, -0.15) is 13.2 Å². The van der Waals surface area contributed by atoms with Crippen LogP contribution >= 0.6 is 24.0 Å². The van der Waals surface area contributed by atoms with E-state index in [-0.39, 0.29) is 54.3 Å². The number of aliphatic imine (C=N–C) groups is 1. The number of carbonyl (C=O) groups is 1. The van der Waals surface area contributed by atoms with Crippen LogP contribution in [0.15, 0.2) is 29.3 Å². The van der Waals surface area contributed by atoms with E-state index in [2.05, 4.69) is 20.9 Å². The molecule has 1 amide bonds. The third kappa shape index (κ3) is 11.6. The molecule has 0 atom stereocenters. The number of rotatable bonds is 6. The average molecular weight is 502 g/mol. The van der Waals surface area contributed by atoms with Crippen molar-refractivity contribution in [2.45, 2.75) is 39.0 Å². The van der Waals surface area contributed by atoms with Crippen molar-refractivity contribution in [3.05, 3.63) is 29.8 Å². The number of benzene rings is 1. The Bertz CT molecular complexity index is 631. The number of nitrogens with zero attached hydrogens (tertiary/aromatic N) is 1. The lowest BCUT2D eigenvalue weighted by molar-refractivity contribution is -0.153. The molecule has 1 aromatic carbocycles. The Morgan fingerprint density at radius 1 is 1.15 bits per heavy atom. The van der Waals surface area contributed by atoms with Crippen molar-refractivity contribution in [2.75, 3.05) is 20.2 Å². The Morgan fingerprint density at radius 2 is 1.78 bits per heavy atom. The molecule has 0 aliphatic heterocycles. The predicted octanol–water partition coefficient (Wildman–Crippen LogP) is 2.83. The van der Waals surface area contributed by atoms with Gasteiger partial charge in [-0.25, -0.2) is 0 Å². The third-order valence-corrected chi connectivity index (χ3v) is 2.96. The fraction of sp³-hybridized carbons (Fsp3) is 0.529. The Kier molecular flexibility index (Phi) is 10.5. The standard InChI is InChI=1S/C17H25F3N4O2.HI/c1-16(2,3)24-14(25)10-23-15(21-4)22-9-12-7-5-6-8-13(12)26-11-17(18,19)20;/h5-8H,9-11H2,1-4H3,(H,24,25)(H2,21,22,23);1H. The number of hydrogen-bond acceptors (Lipinski definition) is 3. The van der Waals surface area contributed by atoms with Crippen LogP contribution < -0.4 is 20.7 Å². The lowest BCUT2D eigenvalue weighted by Crippen LogP contribution is -2.48. The van der Waals surface area contributed by atoms with Gasteiger partial charge < -0.3 is 20.7 Å². The minimum Gasteiger partial charge on any atom is -0.484 e. The lowest BCUT2D eigenvalue weighted by Gasteiger charge is -2.21. The van der Waals surface area contributed by atoms with Crippen LogP contribution in [0.3, 0.4) is 0 Å². The van der Waals surface area contributed by atoms with E-state index in [1.807, 2.05) is 20.8 Å². The summed E-state index contributed by atoms with van der Waals surface area (Å²) in [4.78, 5) is 15.8. The molecule has 0 aliphatic rings. The van der Waals surface area contributed by atoms with Gasteiger partial charge in [0.1, 0.15) is 5.75 Å². The van der Waals surface area contributed by atoms with Crippen molar-refractivity contribution < 1.29 is 22.7 Å². The Labute approximate surface area is 174 Å². The highest BCUT2D eigenvalue weighted by Crippen LogP contribution is 2.22. The van der Waals surface area contributed by atoms with Crippen molar-refractivity contribution in [1.29, 1.82) is 0 Å². The molecule has 27 heavy (non-hydrogen) atoms. The summed E-state index contributed by atoms with van der Waals surface area (Å²) in [5, 5.41) is 8.58. The number of alkyl halides is 3. The number of ether oxygens (including phenoxy) is 1. The maximum atomic E-state index is 12.3. The Balaban J connectivity index is 0.00000676. The first-order chi connectivity index (χ1) is 12.0. The van der Waals surface area contributed by atoms with Crippen molar-refractivity contribution in [1.82, 2.24) is 16.0 Å². The Morgan fingerprint density at radius 3 is 2.33 bits per heavy atom. The highest BCUT2D eigenvalue weighted by molar-refractivity contribution is 14.0. The summed E-state index contributed by atoms with van der Waals surface area (Å²) in [7, 11) is 1.53. The zero-order valence-electron chi connectivity index (χ0n) is 15.7. The molecule has 0 saturated heterocycles. The number of hydrogen-bond donors (Lipinski definition) is 3. The number of nitrogens with one attached hydrogen (secondary N) is 3. The van der Waals surface area contributed by atoms with Crippen LogP contribution in [0, 0.1) is 0 Å². The molecular weight excluding hydrogens is 476 g/mol. The van der Waals surface area contributed by atoms with Gasteiger partial charge in [-0.1, -0.05) is 18.2 Å². The maximum absolute atomic E-state index is 12.3. The molecular formula is C17H26F3IN4O2. The minimum atomic E-state index is -4.40. The van der Waals surface area contributed by atoms with E-state index in [1.165, 1.54) is 13.1 Å². The van der Waals surface area contributed by atoms with Gasteiger partial charge in [0.2, 0.25) is 5.91 Å². The molecule has 154 valence electrons. The fourth-order valence-electron chi connectivity index (χ4n) is 1.98. The summed E-state index contributed by atoms with van der Waals surface area (Å²) in [6.07, 6.45) is -4.40. The summed E-state index contributed by atoms with van der Waals surface area (Å²) in [5.74, 6) is 0.285. The number of carbonyl (C=O) groups excluding carboxylic acids is 1. The molecule has 0 aromatic heterocycles. The van der Waals surface area contributed by atoms with Gasteiger partial charge in [0, 0.05) is 24.7 Å². The number of guanidine groups is 1. The molecule has 0 radical (unpaired) electrons. The van der Waals surface area contributed by atoms with Crippen LogP contribution in [0.5, 0.6) is 5.75 Å². The molecule has 0 heterocycles. The third-order valence-electron chi connectivity index (χ3n) is 2.96. The van der Waals surface area contributed by atoms with Crippen molar-refractivity contribution in [3.63, 3.8) is 0 Å². The van der Waals surface area contributed by atoms with Crippen molar-refractivity contribution in [3.8, 4) is 5.75 Å². The number of halogens is 4. The largest absolute Gasteiger partial charge is 0.484 e. The molecule has 0 unspecified atom stereocenters. The summed E-state index contributed by atoms with van der Waals surface area (Å²) in [5.41, 5.74) is 0.198. The molecule has 10 heteroatoms. The van der Waals surface area contributed by atoms with E-state index in [0.29, 0.717) is 11.5 Å². The average Bonchev–Trinajstić information content (AvgIpc) is 2.51. The van der Waals surface area contributed by atoms with Gasteiger partial charge in [-0.05, 0) is 26.8 Å². The molecule has 0 spiro atoms. The second-order valence-electron chi connectivity index (χ2n) is 6.59. The van der Waals surface area contributed by atoms with Crippen molar-refractivity contribution >= 4 is 35.8 Å². The summed E-state index contributed by atoms with van der Waals surface area (Å²) < 4.78 is 41.8. The van der Waals surface area contributed by atoms with Gasteiger partial charge in [0.05, 0.1) is 6.54 Å². The van der Waals surface area contributed by atoms with E-state index in [4.69, 9.17) is 4.74 Å². The topological polar surface area (TPSA) is 74.8 Å². The van der Waals surface area contributed by atoms with Crippen LogP contribution in [0.25, 0.3) is 0 Å². The highest BCUT2D eigenvalue weighted by Gasteiger charge is 2.28. The molecule has 1 aromatic rings. The van der Waals surface area contributed by atoms with Gasteiger partial charge in [0.25, 0.3) is 0 Å². The molecule has 1 rings (SSSR count). The van der Waals surface area contributed by atoms with Crippen LogP contribution in [0.1, 0.15) is 26.3 Å². The van der Waals surface area contributed by atoms with E-state index < -0.39 is 12.8 Å². The summed E-state index contributed by atoms with van der Waals surface area (Å²) in [6, 6.07) is 6.41. The van der Waals surface area contributed by atoms with Gasteiger partial charge in [-0.15, -0.1) is 24.0 Å². The van der Waals surface area contributed by atoms with Crippen LogP contribution in [0.2, 0.25) is 0 Å². The normalized spacial score (nSPS) is 12.0. The smallest absolute Gasteiger partial charge is 0.422 e. The zero-order valence-corrected chi connectivity index (χ0v) is 18.1. The van der Waals surface area contributed by atoms with Gasteiger partial charge >= 0.3 is 6.18 Å². The molecule has 0 bridgehead atoms. The molecule has 6 nitrogen and oxygen atoms in total. The van der Waals surface area contributed by atoms with E-state index in [0.717, 1.165) is 0 Å². The molecule has 3 N–H and O–H groups in total. The highest BCUT2D eigenvalue weighted by atomic mass is 127.